The van der Waals surface area contributed by atoms with Gasteiger partial charge >= 0.3 is 6.09 Å². The number of carbonyl (C=O) groups is 3. The Morgan fingerprint density at radius 1 is 1.05 bits per heavy atom. The van der Waals surface area contributed by atoms with Crippen LogP contribution in [-0.2, 0) is 20.7 Å². The van der Waals surface area contributed by atoms with Gasteiger partial charge in [0.1, 0.15) is 23.4 Å². The average molecular weight is 536 g/mol. The van der Waals surface area contributed by atoms with Gasteiger partial charge in [-0.05, 0) is 64.3 Å². The highest BCUT2D eigenvalue weighted by Crippen LogP contribution is 2.25. The molecule has 3 amide bonds. The highest BCUT2D eigenvalue weighted by molar-refractivity contribution is 5.93. The fourth-order valence-electron chi connectivity index (χ4n) is 4.22. The summed E-state index contributed by atoms with van der Waals surface area (Å²) < 4.78 is 5.40. The van der Waals surface area contributed by atoms with E-state index in [2.05, 4.69) is 23.6 Å². The van der Waals surface area contributed by atoms with Crippen molar-refractivity contribution < 1.29 is 24.2 Å². The van der Waals surface area contributed by atoms with Gasteiger partial charge in [-0.1, -0.05) is 67.6 Å². The van der Waals surface area contributed by atoms with E-state index in [1.54, 1.807) is 32.9 Å². The molecule has 2 atom stereocenters. The minimum atomic E-state index is -1.14. The van der Waals surface area contributed by atoms with E-state index in [0.717, 1.165) is 35.3 Å². The number of carbonyl (C=O) groups excluding carboxylic acids is 3. The van der Waals surface area contributed by atoms with Crippen LogP contribution in [0.3, 0.4) is 0 Å². The number of hydrogen-bond acceptors (Lipinski definition) is 5. The molecular weight excluding hydrogens is 494 g/mol. The zero-order chi connectivity index (χ0) is 29.2. The summed E-state index contributed by atoms with van der Waals surface area (Å²) in [6.45, 7) is 11.5. The van der Waals surface area contributed by atoms with Crippen LogP contribution in [0, 0.1) is 26.3 Å². The van der Waals surface area contributed by atoms with E-state index in [4.69, 9.17) is 11.2 Å². The second kappa shape index (κ2) is 14.2. The zero-order valence-electron chi connectivity index (χ0n) is 23.8. The second-order valence-corrected chi connectivity index (χ2v) is 10.7. The molecule has 0 aliphatic rings. The Balaban J connectivity index is 2.48. The highest BCUT2D eigenvalue weighted by Gasteiger charge is 2.36. The number of aromatic hydroxyl groups is 1. The molecule has 8 nitrogen and oxygen atoms in total. The molecule has 0 aliphatic carbocycles. The minimum Gasteiger partial charge on any atom is -0.508 e. The molecular formula is C31H41N3O5. The Hall–Kier alpha value is -3.99. The number of nitrogens with one attached hydrogen (secondary N) is 2. The number of alkyl carbamates (subject to hydrolysis) is 1. The molecule has 39 heavy (non-hydrogen) atoms. The highest BCUT2D eigenvalue weighted by atomic mass is 16.6. The van der Waals surface area contributed by atoms with Crippen LogP contribution in [0.25, 0.3) is 0 Å². The van der Waals surface area contributed by atoms with Crippen LogP contribution in [0.5, 0.6) is 5.75 Å². The molecule has 0 fully saturated rings. The molecule has 0 saturated carbocycles. The van der Waals surface area contributed by atoms with Gasteiger partial charge in [0.2, 0.25) is 5.91 Å². The van der Waals surface area contributed by atoms with Crippen molar-refractivity contribution in [2.45, 2.75) is 84.9 Å². The van der Waals surface area contributed by atoms with Gasteiger partial charge in [-0.15, -0.1) is 0 Å². The van der Waals surface area contributed by atoms with Gasteiger partial charge in [0, 0.05) is 19.0 Å². The first-order chi connectivity index (χ1) is 18.3. The predicted molar refractivity (Wildman–Crippen MR) is 152 cm³/mol. The van der Waals surface area contributed by atoms with Crippen molar-refractivity contribution in [3.8, 4) is 18.2 Å². The molecule has 2 unspecified atom stereocenters. The quantitative estimate of drug-likeness (QED) is 0.215. The lowest BCUT2D eigenvalue weighted by Gasteiger charge is -2.31. The number of rotatable bonds is 11. The molecule has 0 heterocycles. The summed E-state index contributed by atoms with van der Waals surface area (Å²) in [6.07, 6.45) is 7.92. The molecule has 8 heteroatoms. The first kappa shape index (κ1) is 31.2. The van der Waals surface area contributed by atoms with Crippen molar-refractivity contribution in [1.29, 1.82) is 0 Å². The van der Waals surface area contributed by atoms with Crippen LogP contribution in [0.15, 0.2) is 42.5 Å². The van der Waals surface area contributed by atoms with Crippen molar-refractivity contribution in [3.63, 3.8) is 0 Å². The second-order valence-electron chi connectivity index (χ2n) is 10.7. The van der Waals surface area contributed by atoms with Crippen molar-refractivity contribution in [1.82, 2.24) is 15.5 Å². The number of unbranched alkanes of at least 4 members (excludes halogenated alkanes) is 2. The van der Waals surface area contributed by atoms with E-state index in [1.165, 1.54) is 12.1 Å². The zero-order valence-corrected chi connectivity index (χ0v) is 23.8. The number of benzene rings is 2. The third-order valence-electron chi connectivity index (χ3n) is 5.89. The van der Waals surface area contributed by atoms with Gasteiger partial charge in [-0.25, -0.2) is 4.79 Å². The van der Waals surface area contributed by atoms with Gasteiger partial charge in [0.15, 0.2) is 0 Å². The number of phenolic OH excluding ortho intramolecular Hbond substituents is 1. The predicted octanol–water partition coefficient (Wildman–Crippen LogP) is 4.91. The lowest BCUT2D eigenvalue weighted by atomic mass is 9.98. The number of terminal acetylenes is 1. The summed E-state index contributed by atoms with van der Waals surface area (Å²) in [5.74, 6) is -0.964. The van der Waals surface area contributed by atoms with Crippen molar-refractivity contribution >= 4 is 17.9 Å². The topological polar surface area (TPSA) is 108 Å². The van der Waals surface area contributed by atoms with E-state index in [-0.39, 0.29) is 12.2 Å². The molecule has 0 aliphatic heterocycles. The maximum Gasteiger partial charge on any atom is 0.408 e. The first-order valence-electron chi connectivity index (χ1n) is 13.3. The number of amides is 3. The largest absolute Gasteiger partial charge is 0.508 e. The standard InChI is InChI=1S/C31H41N3O5/c1-8-10-11-16-32-28(36)27(24-18-21(3)17-22(4)19-24)34(9-2)29(37)26(33-30(38)39-31(5,6)7)20-23-12-14-25(35)15-13-23/h2,12-15,17-19,26-27,35H,8,10-11,16,20H2,1,3-7H3,(H,32,36)(H,33,38). The molecule has 0 spiro atoms. The molecule has 2 aromatic rings. The van der Waals surface area contributed by atoms with Gasteiger partial charge in [0.05, 0.1) is 0 Å². The third kappa shape index (κ3) is 10.0. The van der Waals surface area contributed by atoms with E-state index in [0.29, 0.717) is 17.7 Å². The van der Waals surface area contributed by atoms with Gasteiger partial charge in [0.25, 0.3) is 5.91 Å². The fourth-order valence-corrected chi connectivity index (χ4v) is 4.22. The van der Waals surface area contributed by atoms with E-state index < -0.39 is 35.6 Å². The monoisotopic (exact) mass is 535 g/mol. The van der Waals surface area contributed by atoms with E-state index in [1.807, 2.05) is 32.0 Å². The molecule has 0 bridgehead atoms. The maximum absolute atomic E-state index is 14.0. The fraction of sp³-hybridized carbons (Fsp3) is 0.452. The smallest absolute Gasteiger partial charge is 0.408 e. The third-order valence-corrected chi connectivity index (χ3v) is 5.89. The lowest BCUT2D eigenvalue weighted by molar-refractivity contribution is -0.138. The molecule has 0 saturated heterocycles. The number of phenols is 1. The summed E-state index contributed by atoms with van der Waals surface area (Å²) in [4.78, 5) is 41.3. The number of ether oxygens (including phenoxy) is 1. The SMILES string of the molecule is C#CN(C(=O)C(Cc1ccc(O)cc1)NC(=O)OC(C)(C)C)C(C(=O)NCCCCC)c1cc(C)cc(C)c1. The molecule has 2 aromatic carbocycles. The van der Waals surface area contributed by atoms with Crippen LogP contribution < -0.4 is 10.6 Å². The molecule has 3 N–H and O–H groups in total. The Morgan fingerprint density at radius 2 is 1.67 bits per heavy atom. The van der Waals surface area contributed by atoms with Gasteiger partial charge < -0.3 is 20.5 Å². The number of aryl methyl sites for hydroxylation is 2. The molecule has 210 valence electrons. The van der Waals surface area contributed by atoms with Crippen LogP contribution in [-0.4, -0.2) is 46.1 Å². The summed E-state index contributed by atoms with van der Waals surface area (Å²) in [7, 11) is 0. The van der Waals surface area contributed by atoms with Gasteiger partial charge in [-0.3, -0.25) is 14.5 Å². The Kier molecular flexibility index (Phi) is 11.4. The number of hydrogen-bond donors (Lipinski definition) is 3. The Bertz CT molecular complexity index is 1160. The van der Waals surface area contributed by atoms with Crippen molar-refractivity contribution in [2.75, 3.05) is 6.54 Å². The van der Waals surface area contributed by atoms with Crippen LogP contribution in [0.4, 0.5) is 4.79 Å². The Labute approximate surface area is 232 Å². The summed E-state index contributed by atoms with van der Waals surface area (Å²) >= 11 is 0. The summed E-state index contributed by atoms with van der Waals surface area (Å²) in [5, 5.41) is 15.2. The van der Waals surface area contributed by atoms with E-state index >= 15 is 0 Å². The average Bonchev–Trinajstić information content (AvgIpc) is 2.83. The summed E-state index contributed by atoms with van der Waals surface area (Å²) in [5.41, 5.74) is 2.30. The van der Waals surface area contributed by atoms with Crippen LogP contribution in [0.2, 0.25) is 0 Å². The molecule has 0 aromatic heterocycles. The van der Waals surface area contributed by atoms with Crippen LogP contribution in [0.1, 0.15) is 75.3 Å². The van der Waals surface area contributed by atoms with Gasteiger partial charge in [-0.2, -0.15) is 0 Å². The van der Waals surface area contributed by atoms with Crippen LogP contribution >= 0.6 is 0 Å². The molecule has 2 rings (SSSR count). The van der Waals surface area contributed by atoms with E-state index in [9.17, 15) is 19.5 Å². The minimum absolute atomic E-state index is 0.0637. The van der Waals surface area contributed by atoms with Crippen molar-refractivity contribution in [2.24, 2.45) is 0 Å². The number of nitrogens with zero attached hydrogens (tertiary/aromatic N) is 1. The summed E-state index contributed by atoms with van der Waals surface area (Å²) in [6, 6.07) is 12.1. The lowest BCUT2D eigenvalue weighted by Crippen LogP contribution is -2.52. The Morgan fingerprint density at radius 3 is 2.21 bits per heavy atom. The normalized spacial score (nSPS) is 12.5. The van der Waals surface area contributed by atoms with Crippen molar-refractivity contribution in [3.05, 3.63) is 64.7 Å². The first-order valence-corrected chi connectivity index (χ1v) is 13.3. The molecule has 0 radical (unpaired) electrons. The maximum atomic E-state index is 14.0.